The lowest BCUT2D eigenvalue weighted by Crippen LogP contribution is -2.24. The number of thiophene rings is 4. The molecule has 0 aliphatic heterocycles. The van der Waals surface area contributed by atoms with Crippen LogP contribution in [0.4, 0.5) is 0 Å². The van der Waals surface area contributed by atoms with E-state index in [9.17, 15) is 0 Å². The Kier molecular flexibility index (Phi) is 4.99. The molecule has 4 aromatic rings. The second-order valence-corrected chi connectivity index (χ2v) is 15.3. The summed E-state index contributed by atoms with van der Waals surface area (Å²) in [5.74, 6) is 2.25. The summed E-state index contributed by atoms with van der Waals surface area (Å²) in [6, 6.07) is 10.3. The second kappa shape index (κ2) is 7.40. The van der Waals surface area contributed by atoms with Crippen molar-refractivity contribution < 1.29 is 0 Å². The standard InChI is InChI=1S/C29H32S4/c1-13(2)21-9-17-25(30-21)26-18(10-22(31-26)14(3)4)29(17)19-11-23(15(5)6)32-27(19)28-20(29)12-24(33-28)16(7)8/h9-16H,1-8H3. The van der Waals surface area contributed by atoms with Gasteiger partial charge in [-0.05, 0) is 70.2 Å². The Bertz CT molecular complexity index is 1160. The van der Waals surface area contributed by atoms with E-state index in [2.05, 4.69) is 125 Å². The van der Waals surface area contributed by atoms with Gasteiger partial charge < -0.3 is 0 Å². The fourth-order valence-electron chi connectivity index (χ4n) is 5.44. The fourth-order valence-corrected chi connectivity index (χ4v) is 10.6. The molecule has 0 radical (unpaired) electrons. The third-order valence-corrected chi connectivity index (χ3v) is 13.4. The van der Waals surface area contributed by atoms with Gasteiger partial charge in [-0.3, -0.25) is 0 Å². The molecule has 0 amide bonds. The summed E-state index contributed by atoms with van der Waals surface area (Å²) >= 11 is 8.21. The van der Waals surface area contributed by atoms with Crippen molar-refractivity contribution in [1.29, 1.82) is 0 Å². The zero-order valence-electron chi connectivity index (χ0n) is 20.8. The van der Waals surface area contributed by atoms with Crippen molar-refractivity contribution in [3.8, 4) is 19.5 Å². The fraction of sp³-hybridized carbons (Fsp3) is 0.448. The van der Waals surface area contributed by atoms with Crippen LogP contribution in [0.15, 0.2) is 24.3 Å². The minimum atomic E-state index is -0.115. The van der Waals surface area contributed by atoms with Crippen LogP contribution in [-0.4, -0.2) is 0 Å². The van der Waals surface area contributed by atoms with Gasteiger partial charge >= 0.3 is 0 Å². The number of hydrogen-bond donors (Lipinski definition) is 0. The van der Waals surface area contributed by atoms with E-state index in [4.69, 9.17) is 0 Å². The Morgan fingerprint density at radius 2 is 0.636 bits per heavy atom. The van der Waals surface area contributed by atoms with Crippen LogP contribution in [0.2, 0.25) is 0 Å². The van der Waals surface area contributed by atoms with E-state index in [1.165, 1.54) is 19.5 Å². The zero-order valence-corrected chi connectivity index (χ0v) is 24.0. The molecule has 4 aromatic heterocycles. The van der Waals surface area contributed by atoms with Gasteiger partial charge in [-0.2, -0.15) is 0 Å². The molecule has 172 valence electrons. The van der Waals surface area contributed by atoms with Crippen LogP contribution in [0.5, 0.6) is 0 Å². The number of rotatable bonds is 4. The highest BCUT2D eigenvalue weighted by Gasteiger charge is 2.55. The van der Waals surface area contributed by atoms with Crippen molar-refractivity contribution in [3.63, 3.8) is 0 Å². The van der Waals surface area contributed by atoms with E-state index in [1.807, 2.05) is 0 Å². The normalized spacial score (nSPS) is 15.4. The molecule has 33 heavy (non-hydrogen) atoms. The van der Waals surface area contributed by atoms with Gasteiger partial charge in [0.25, 0.3) is 0 Å². The lowest BCUT2D eigenvalue weighted by atomic mass is 9.71. The molecular weight excluding hydrogens is 477 g/mol. The van der Waals surface area contributed by atoms with Gasteiger partial charge in [0, 0.05) is 39.0 Å². The van der Waals surface area contributed by atoms with Crippen molar-refractivity contribution in [3.05, 3.63) is 66.0 Å². The first-order valence-corrected chi connectivity index (χ1v) is 15.5. The molecule has 4 heteroatoms. The lowest BCUT2D eigenvalue weighted by Gasteiger charge is -2.28. The topological polar surface area (TPSA) is 0 Å². The number of hydrogen-bond acceptors (Lipinski definition) is 4. The van der Waals surface area contributed by atoms with E-state index in [1.54, 1.807) is 41.8 Å². The average molecular weight is 509 g/mol. The third kappa shape index (κ3) is 2.84. The third-order valence-electron chi connectivity index (χ3n) is 7.31. The van der Waals surface area contributed by atoms with Crippen molar-refractivity contribution >= 4 is 45.3 Å². The van der Waals surface area contributed by atoms with Crippen molar-refractivity contribution in [1.82, 2.24) is 0 Å². The Hall–Kier alpha value is -1.20. The van der Waals surface area contributed by atoms with Gasteiger partial charge in [0.2, 0.25) is 0 Å². The quantitative estimate of drug-likeness (QED) is 0.222. The van der Waals surface area contributed by atoms with Crippen molar-refractivity contribution in [2.75, 3.05) is 0 Å². The predicted molar refractivity (Wildman–Crippen MR) is 151 cm³/mol. The van der Waals surface area contributed by atoms with E-state index < -0.39 is 0 Å². The first-order chi connectivity index (χ1) is 15.6. The molecule has 0 aromatic carbocycles. The summed E-state index contributed by atoms with van der Waals surface area (Å²) in [5, 5.41) is 0. The molecule has 0 unspecified atom stereocenters. The summed E-state index contributed by atoms with van der Waals surface area (Å²) < 4.78 is 0. The first kappa shape index (κ1) is 22.3. The molecule has 2 aliphatic rings. The predicted octanol–water partition coefficient (Wildman–Crippen LogP) is 10.8. The maximum Gasteiger partial charge on any atom is 0.0759 e. The van der Waals surface area contributed by atoms with Gasteiger partial charge in [0.15, 0.2) is 0 Å². The Balaban J connectivity index is 1.75. The minimum Gasteiger partial charge on any atom is -0.139 e. The van der Waals surface area contributed by atoms with Crippen LogP contribution in [0.3, 0.4) is 0 Å². The summed E-state index contributed by atoms with van der Waals surface area (Å²) in [7, 11) is 0. The molecule has 0 atom stereocenters. The Morgan fingerprint density at radius 1 is 0.424 bits per heavy atom. The maximum absolute atomic E-state index is 2.57. The summed E-state index contributed by atoms with van der Waals surface area (Å²) in [5.41, 5.74) is 6.14. The van der Waals surface area contributed by atoms with Crippen LogP contribution in [0.25, 0.3) is 19.5 Å². The highest BCUT2D eigenvalue weighted by Crippen LogP contribution is 2.69. The van der Waals surface area contributed by atoms with Gasteiger partial charge in [0.1, 0.15) is 0 Å². The molecule has 1 spiro atoms. The summed E-state index contributed by atoms with van der Waals surface area (Å²) in [4.78, 5) is 12.3. The Morgan fingerprint density at radius 3 is 0.818 bits per heavy atom. The van der Waals surface area contributed by atoms with Gasteiger partial charge in [-0.1, -0.05) is 55.4 Å². The molecular formula is C29H32S4. The lowest BCUT2D eigenvalue weighted by molar-refractivity contribution is 0.783. The summed E-state index contributed by atoms with van der Waals surface area (Å²) in [6.07, 6.45) is 0. The zero-order chi connectivity index (χ0) is 23.4. The highest BCUT2D eigenvalue weighted by molar-refractivity contribution is 7.24. The van der Waals surface area contributed by atoms with Gasteiger partial charge in [-0.25, -0.2) is 0 Å². The van der Waals surface area contributed by atoms with Crippen molar-refractivity contribution in [2.24, 2.45) is 0 Å². The van der Waals surface area contributed by atoms with Crippen LogP contribution in [-0.2, 0) is 5.41 Å². The largest absolute Gasteiger partial charge is 0.139 e. The molecule has 4 heterocycles. The van der Waals surface area contributed by atoms with Crippen LogP contribution in [0, 0.1) is 0 Å². The first-order valence-electron chi connectivity index (χ1n) is 12.2. The van der Waals surface area contributed by atoms with E-state index >= 15 is 0 Å². The molecule has 0 saturated carbocycles. The second-order valence-electron chi connectivity index (χ2n) is 10.9. The molecule has 2 aliphatic carbocycles. The molecule has 6 rings (SSSR count). The molecule has 0 saturated heterocycles. The monoisotopic (exact) mass is 508 g/mol. The minimum absolute atomic E-state index is 0.115. The highest BCUT2D eigenvalue weighted by atomic mass is 32.1. The average Bonchev–Trinajstić information content (AvgIpc) is 3.51. The van der Waals surface area contributed by atoms with E-state index in [0.29, 0.717) is 23.7 Å². The maximum atomic E-state index is 2.57. The van der Waals surface area contributed by atoms with Gasteiger partial charge in [0.05, 0.1) is 5.41 Å². The molecule has 0 N–H and O–H groups in total. The van der Waals surface area contributed by atoms with E-state index in [0.717, 1.165) is 0 Å². The smallest absolute Gasteiger partial charge is 0.0759 e. The molecule has 0 fully saturated rings. The molecule has 0 bridgehead atoms. The van der Waals surface area contributed by atoms with Crippen LogP contribution in [0.1, 0.15) is 121 Å². The number of fused-ring (bicyclic) bond motifs is 10. The Labute approximate surface area is 214 Å². The van der Waals surface area contributed by atoms with E-state index in [-0.39, 0.29) is 5.41 Å². The molecule has 0 nitrogen and oxygen atoms in total. The summed E-state index contributed by atoms with van der Waals surface area (Å²) in [6.45, 7) is 18.8. The van der Waals surface area contributed by atoms with Crippen LogP contribution < -0.4 is 0 Å². The SMILES string of the molecule is CC(C)c1cc2c(s1)-c1sc(C(C)C)cc1C21c2cc(C(C)C)sc2-c2sc(C(C)C)cc21. The van der Waals surface area contributed by atoms with Crippen molar-refractivity contribution in [2.45, 2.75) is 84.5 Å². The van der Waals surface area contributed by atoms with Gasteiger partial charge in [-0.15, -0.1) is 45.3 Å². The van der Waals surface area contributed by atoms with Crippen LogP contribution >= 0.6 is 45.3 Å².